The monoisotopic (exact) mass is 380 g/mol. The first-order chi connectivity index (χ1) is 8.13. The van der Waals surface area contributed by atoms with E-state index in [-0.39, 0.29) is 6.04 Å². The molecule has 1 aliphatic heterocycles. The Labute approximate surface area is 124 Å². The van der Waals surface area contributed by atoms with Gasteiger partial charge in [-0.3, -0.25) is 4.90 Å². The van der Waals surface area contributed by atoms with Crippen LogP contribution in [0.1, 0.15) is 37.1 Å². The highest BCUT2D eigenvalue weighted by molar-refractivity contribution is 9.13. The van der Waals surface area contributed by atoms with Crippen molar-refractivity contribution in [3.63, 3.8) is 0 Å². The number of nitrogens with two attached hydrogens (primary N) is 1. The molecule has 0 spiro atoms. The summed E-state index contributed by atoms with van der Waals surface area (Å²) in [5, 5.41) is 0. The Bertz CT molecular complexity index is 359. The van der Waals surface area contributed by atoms with Crippen molar-refractivity contribution < 1.29 is 0 Å². The minimum atomic E-state index is 0.271. The summed E-state index contributed by atoms with van der Waals surface area (Å²) in [5.41, 5.74) is 6.33. The van der Waals surface area contributed by atoms with Crippen LogP contribution >= 0.6 is 43.2 Å². The molecule has 2 heterocycles. The number of thiophene rings is 1. The fourth-order valence-corrected chi connectivity index (χ4v) is 4.84. The molecule has 2 unspecified atom stereocenters. The molecular weight excluding hydrogens is 364 g/mol. The number of hydrogen-bond donors (Lipinski definition) is 1. The summed E-state index contributed by atoms with van der Waals surface area (Å²) >= 11 is 8.94. The Balaban J connectivity index is 2.24. The van der Waals surface area contributed by atoms with E-state index in [2.05, 4.69) is 49.7 Å². The maximum absolute atomic E-state index is 6.33. The molecule has 96 valence electrons. The van der Waals surface area contributed by atoms with E-state index in [0.29, 0.717) is 6.04 Å². The van der Waals surface area contributed by atoms with Gasteiger partial charge in [0.25, 0.3) is 0 Å². The Morgan fingerprint density at radius 1 is 1.53 bits per heavy atom. The Hall–Kier alpha value is 0.580. The Kier molecular flexibility index (Phi) is 5.06. The molecule has 1 aromatic rings. The maximum Gasteiger partial charge on any atom is 0.0843 e. The number of nitrogens with zero attached hydrogens (tertiary/aromatic N) is 1. The molecule has 17 heavy (non-hydrogen) atoms. The van der Waals surface area contributed by atoms with Gasteiger partial charge in [0.15, 0.2) is 0 Å². The molecule has 0 aliphatic carbocycles. The van der Waals surface area contributed by atoms with Crippen LogP contribution in [-0.4, -0.2) is 24.0 Å². The van der Waals surface area contributed by atoms with E-state index >= 15 is 0 Å². The molecule has 5 heteroatoms. The van der Waals surface area contributed by atoms with Crippen molar-refractivity contribution in [2.24, 2.45) is 5.73 Å². The molecule has 1 saturated heterocycles. The van der Waals surface area contributed by atoms with Gasteiger partial charge in [0.05, 0.1) is 9.83 Å². The predicted octanol–water partition coefficient (Wildman–Crippen LogP) is 4.15. The Morgan fingerprint density at radius 2 is 2.29 bits per heavy atom. The molecular formula is C12H18Br2N2S. The van der Waals surface area contributed by atoms with Crippen molar-refractivity contribution in [3.8, 4) is 0 Å². The second-order valence-corrected chi connectivity index (χ2v) is 7.81. The third kappa shape index (κ3) is 3.13. The van der Waals surface area contributed by atoms with Crippen LogP contribution in [0.4, 0.5) is 0 Å². The molecule has 2 atom stereocenters. The summed E-state index contributed by atoms with van der Waals surface area (Å²) in [6.07, 6.45) is 3.56. The van der Waals surface area contributed by atoms with Gasteiger partial charge >= 0.3 is 0 Å². The lowest BCUT2D eigenvalue weighted by Crippen LogP contribution is -2.45. The molecule has 1 fully saturated rings. The largest absolute Gasteiger partial charge is 0.326 e. The lowest BCUT2D eigenvalue weighted by Gasteiger charge is -2.39. The van der Waals surface area contributed by atoms with Crippen LogP contribution in [0.2, 0.25) is 0 Å². The van der Waals surface area contributed by atoms with Gasteiger partial charge in [0.2, 0.25) is 0 Å². The van der Waals surface area contributed by atoms with Crippen LogP contribution in [0.3, 0.4) is 0 Å². The molecule has 0 amide bonds. The van der Waals surface area contributed by atoms with Crippen LogP contribution in [0.5, 0.6) is 0 Å². The van der Waals surface area contributed by atoms with E-state index in [1.165, 1.54) is 28.0 Å². The van der Waals surface area contributed by atoms with Gasteiger partial charge in [-0.25, -0.2) is 0 Å². The zero-order valence-corrected chi connectivity index (χ0v) is 13.9. The van der Waals surface area contributed by atoms with E-state index in [9.17, 15) is 0 Å². The van der Waals surface area contributed by atoms with E-state index in [1.54, 1.807) is 11.3 Å². The van der Waals surface area contributed by atoms with Crippen LogP contribution in [0.25, 0.3) is 0 Å². The molecule has 0 radical (unpaired) electrons. The van der Waals surface area contributed by atoms with Gasteiger partial charge in [-0.2, -0.15) is 0 Å². The second kappa shape index (κ2) is 6.15. The molecule has 1 aliphatic rings. The van der Waals surface area contributed by atoms with Crippen molar-refractivity contribution in [3.05, 3.63) is 19.2 Å². The number of halogens is 2. The number of hydrogen-bond acceptors (Lipinski definition) is 3. The first-order valence-corrected chi connectivity index (χ1v) is 8.48. The minimum Gasteiger partial charge on any atom is -0.326 e. The normalized spacial score (nSPS) is 26.4. The molecule has 2 rings (SSSR count). The lowest BCUT2D eigenvalue weighted by molar-refractivity contribution is 0.131. The third-order valence-electron chi connectivity index (χ3n) is 3.25. The van der Waals surface area contributed by atoms with Gasteiger partial charge in [-0.1, -0.05) is 6.92 Å². The quantitative estimate of drug-likeness (QED) is 0.852. The average molecular weight is 382 g/mol. The Morgan fingerprint density at radius 3 is 2.88 bits per heavy atom. The summed E-state index contributed by atoms with van der Waals surface area (Å²) < 4.78 is 2.31. The van der Waals surface area contributed by atoms with Gasteiger partial charge in [-0.15, -0.1) is 11.3 Å². The molecule has 2 nitrogen and oxygen atoms in total. The van der Waals surface area contributed by atoms with E-state index in [1.807, 2.05) is 0 Å². The number of rotatable bonds is 3. The van der Waals surface area contributed by atoms with Gasteiger partial charge in [0.1, 0.15) is 0 Å². The minimum absolute atomic E-state index is 0.271. The highest BCUT2D eigenvalue weighted by Gasteiger charge is 2.31. The maximum atomic E-state index is 6.33. The first kappa shape index (κ1) is 14.0. The third-order valence-corrected chi connectivity index (χ3v) is 6.58. The van der Waals surface area contributed by atoms with E-state index in [4.69, 9.17) is 5.73 Å². The van der Waals surface area contributed by atoms with Crippen LogP contribution in [0.15, 0.2) is 14.3 Å². The fourth-order valence-electron chi connectivity index (χ4n) is 2.54. The average Bonchev–Trinajstić information content (AvgIpc) is 2.59. The lowest BCUT2D eigenvalue weighted by atomic mass is 9.95. The van der Waals surface area contributed by atoms with Crippen LogP contribution in [0, 0.1) is 0 Å². The fraction of sp³-hybridized carbons (Fsp3) is 0.667. The van der Waals surface area contributed by atoms with E-state index in [0.717, 1.165) is 17.4 Å². The summed E-state index contributed by atoms with van der Waals surface area (Å²) in [7, 11) is 0. The van der Waals surface area contributed by atoms with Crippen molar-refractivity contribution in [1.82, 2.24) is 4.90 Å². The zero-order valence-electron chi connectivity index (χ0n) is 9.96. The summed E-state index contributed by atoms with van der Waals surface area (Å²) in [4.78, 5) is 3.92. The van der Waals surface area contributed by atoms with Gasteiger partial charge in [0, 0.05) is 15.4 Å². The highest BCUT2D eigenvalue weighted by Crippen LogP contribution is 2.40. The molecule has 0 bridgehead atoms. The van der Waals surface area contributed by atoms with E-state index < -0.39 is 0 Å². The van der Waals surface area contributed by atoms with Gasteiger partial charge < -0.3 is 5.73 Å². The standard InChI is InChI=1S/C12H18Br2N2S/c1-2-5-16-6-3-4-9(15)11(16)10-7-8(13)12(14)17-10/h7,9,11H,2-6,15H2,1H3. The second-order valence-electron chi connectivity index (χ2n) is 4.56. The SMILES string of the molecule is CCCN1CCCC(N)C1c1cc(Br)c(Br)s1. The molecule has 0 saturated carbocycles. The molecule has 1 aromatic heterocycles. The highest BCUT2D eigenvalue weighted by atomic mass is 79.9. The predicted molar refractivity (Wildman–Crippen MR) is 81.5 cm³/mol. The van der Waals surface area contributed by atoms with Crippen molar-refractivity contribution >= 4 is 43.2 Å². The number of piperidine rings is 1. The van der Waals surface area contributed by atoms with Crippen molar-refractivity contribution in [2.45, 2.75) is 38.3 Å². The van der Waals surface area contributed by atoms with Crippen molar-refractivity contribution in [2.75, 3.05) is 13.1 Å². The molecule has 0 aromatic carbocycles. The molecule has 2 N–H and O–H groups in total. The number of likely N-dealkylation sites (tertiary alicyclic amines) is 1. The van der Waals surface area contributed by atoms with Crippen LogP contribution < -0.4 is 5.73 Å². The smallest absolute Gasteiger partial charge is 0.0843 e. The topological polar surface area (TPSA) is 29.3 Å². The van der Waals surface area contributed by atoms with Crippen molar-refractivity contribution in [1.29, 1.82) is 0 Å². The first-order valence-electron chi connectivity index (χ1n) is 6.07. The summed E-state index contributed by atoms with van der Waals surface area (Å²) in [6.45, 7) is 4.56. The van der Waals surface area contributed by atoms with Crippen LogP contribution in [-0.2, 0) is 0 Å². The summed E-state index contributed by atoms with van der Waals surface area (Å²) in [6, 6.07) is 2.89. The zero-order chi connectivity index (χ0) is 12.4. The summed E-state index contributed by atoms with van der Waals surface area (Å²) in [5.74, 6) is 0. The van der Waals surface area contributed by atoms with Gasteiger partial charge in [-0.05, 0) is 70.3 Å².